The second-order valence-corrected chi connectivity index (χ2v) is 9.19. The normalized spacial score (nSPS) is 11.5. The van der Waals surface area contributed by atoms with Gasteiger partial charge in [-0.25, -0.2) is 4.98 Å². The molecule has 0 spiro atoms. The predicted molar refractivity (Wildman–Crippen MR) is 134 cm³/mol. The van der Waals surface area contributed by atoms with Crippen LogP contribution in [-0.4, -0.2) is 35.2 Å². The van der Waals surface area contributed by atoms with Gasteiger partial charge in [-0.1, -0.05) is 42.5 Å². The molecule has 0 aliphatic carbocycles. The summed E-state index contributed by atoms with van der Waals surface area (Å²) in [6.45, 7) is 2.04. The van der Waals surface area contributed by atoms with Crippen molar-refractivity contribution in [1.82, 2.24) is 9.97 Å². The molecule has 0 aliphatic rings. The maximum Gasteiger partial charge on any atom is 0.294 e. The van der Waals surface area contributed by atoms with Crippen molar-refractivity contribution in [2.24, 2.45) is 0 Å². The fourth-order valence-electron chi connectivity index (χ4n) is 4.19. The number of H-pyrrole nitrogens is 1. The molecule has 34 heavy (non-hydrogen) atoms. The van der Waals surface area contributed by atoms with Gasteiger partial charge in [0, 0.05) is 11.6 Å². The summed E-state index contributed by atoms with van der Waals surface area (Å²) in [5.41, 5.74) is 4.98. The first-order valence-corrected chi connectivity index (χ1v) is 11.6. The van der Waals surface area contributed by atoms with E-state index in [4.69, 9.17) is 9.72 Å². The molecule has 5 aromatic rings. The molecule has 0 atom stereocenters. The van der Waals surface area contributed by atoms with Gasteiger partial charge in [-0.15, -0.1) is 12.4 Å². The number of fused-ring (bicyclic) bond motifs is 3. The molecule has 1 heterocycles. The molecule has 0 bridgehead atoms. The number of para-hydroxylation sites is 1. The third-order valence-electron chi connectivity index (χ3n) is 5.73. The van der Waals surface area contributed by atoms with E-state index in [1.54, 1.807) is 19.2 Å². The molecule has 9 heteroatoms. The Morgan fingerprint density at radius 1 is 0.941 bits per heavy atom. The zero-order valence-corrected chi connectivity index (χ0v) is 19.9. The van der Waals surface area contributed by atoms with Gasteiger partial charge in [0.1, 0.15) is 22.8 Å². The smallest absolute Gasteiger partial charge is 0.294 e. The number of halogens is 1. The molecule has 0 saturated carbocycles. The number of rotatable bonds is 4. The highest BCUT2D eigenvalue weighted by Gasteiger charge is 2.19. The molecule has 1 aromatic heterocycles. The van der Waals surface area contributed by atoms with Gasteiger partial charge in [-0.05, 0) is 41.6 Å². The van der Waals surface area contributed by atoms with E-state index < -0.39 is 10.1 Å². The van der Waals surface area contributed by atoms with Gasteiger partial charge in [0.25, 0.3) is 10.1 Å². The highest BCUT2D eigenvalue weighted by molar-refractivity contribution is 7.85. The second kappa shape index (κ2) is 8.64. The third-order valence-corrected chi connectivity index (χ3v) is 6.56. The number of imidazole rings is 1. The van der Waals surface area contributed by atoms with Crippen LogP contribution in [0.25, 0.3) is 44.3 Å². The van der Waals surface area contributed by atoms with E-state index in [1.165, 1.54) is 6.07 Å². The first kappa shape index (κ1) is 23.6. The summed E-state index contributed by atoms with van der Waals surface area (Å²) in [5, 5.41) is 11.4. The van der Waals surface area contributed by atoms with Crippen LogP contribution in [0.3, 0.4) is 0 Å². The van der Waals surface area contributed by atoms with Gasteiger partial charge in [-0.2, -0.15) is 8.42 Å². The highest BCUT2D eigenvalue weighted by atomic mass is 35.5. The number of benzene rings is 4. The number of aromatic amines is 1. The summed E-state index contributed by atoms with van der Waals surface area (Å²) in [4.78, 5) is 7.62. The van der Waals surface area contributed by atoms with Crippen LogP contribution in [0.15, 0.2) is 71.6 Å². The molecule has 3 N–H and O–H groups in total. The molecule has 0 aliphatic heterocycles. The van der Waals surface area contributed by atoms with Crippen molar-refractivity contribution < 1.29 is 22.8 Å². The number of hydrogen-bond donors (Lipinski definition) is 3. The van der Waals surface area contributed by atoms with Crippen LogP contribution in [-0.2, 0) is 10.1 Å². The van der Waals surface area contributed by atoms with Crippen LogP contribution in [0.5, 0.6) is 11.5 Å². The topological polar surface area (TPSA) is 113 Å². The minimum absolute atomic E-state index is 0. The molecular formula is C25H21ClN2O5S. The average Bonchev–Trinajstić information content (AvgIpc) is 3.22. The summed E-state index contributed by atoms with van der Waals surface area (Å²) in [6.07, 6.45) is 0. The van der Waals surface area contributed by atoms with E-state index in [2.05, 4.69) is 4.98 Å². The monoisotopic (exact) mass is 496 g/mol. The molecule has 0 radical (unpaired) electrons. The van der Waals surface area contributed by atoms with Gasteiger partial charge < -0.3 is 14.8 Å². The summed E-state index contributed by atoms with van der Waals surface area (Å²) < 4.78 is 38.2. The molecule has 174 valence electrons. The Kier molecular flexibility index (Phi) is 5.99. The summed E-state index contributed by atoms with van der Waals surface area (Å²) in [6, 6.07) is 19.6. The van der Waals surface area contributed by atoms with Crippen molar-refractivity contribution in [3.8, 4) is 34.0 Å². The van der Waals surface area contributed by atoms with Crippen molar-refractivity contribution in [3.05, 3.63) is 72.3 Å². The number of ether oxygens (including phenoxy) is 1. The van der Waals surface area contributed by atoms with E-state index in [9.17, 15) is 18.1 Å². The Labute approximate surface area is 202 Å². The van der Waals surface area contributed by atoms with Gasteiger partial charge >= 0.3 is 0 Å². The Hall–Kier alpha value is -3.59. The number of nitrogens with one attached hydrogen (secondary N) is 1. The van der Waals surface area contributed by atoms with Crippen LogP contribution in [0.2, 0.25) is 0 Å². The number of aromatic nitrogens is 2. The van der Waals surface area contributed by atoms with Gasteiger partial charge in [0.05, 0.1) is 28.5 Å². The van der Waals surface area contributed by atoms with E-state index >= 15 is 0 Å². The average molecular weight is 497 g/mol. The van der Waals surface area contributed by atoms with Crippen molar-refractivity contribution in [3.63, 3.8) is 0 Å². The zero-order chi connectivity index (χ0) is 23.3. The molecule has 4 aromatic carbocycles. The Balaban J connectivity index is 0.00000274. The molecule has 0 unspecified atom stereocenters. The highest BCUT2D eigenvalue weighted by Crippen LogP contribution is 2.41. The quantitative estimate of drug-likeness (QED) is 0.273. The first-order valence-electron chi connectivity index (χ1n) is 10.1. The van der Waals surface area contributed by atoms with Gasteiger partial charge in [0.2, 0.25) is 0 Å². The fourth-order valence-corrected chi connectivity index (χ4v) is 4.73. The van der Waals surface area contributed by atoms with Crippen molar-refractivity contribution in [1.29, 1.82) is 0 Å². The maximum absolute atomic E-state index is 11.5. The second-order valence-electron chi connectivity index (χ2n) is 7.76. The standard InChI is InChI=1S/C25H20N2O5S.ClH/c1-14-6-3-4-7-17(14)18-8-5-9-19(24(18)32-2)25-26-20-11-10-15-12-16(33(29,30)31)13-21(28)22(15)23(20)27-25;/h3-13,28H,1-2H3,(H,26,27)(H,29,30,31);1H. The lowest BCUT2D eigenvalue weighted by Crippen LogP contribution is -1.97. The number of aryl methyl sites for hydroxylation is 1. The largest absolute Gasteiger partial charge is 0.507 e. The fraction of sp³-hybridized carbons (Fsp3) is 0.0800. The molecule has 0 fully saturated rings. The van der Waals surface area contributed by atoms with Crippen LogP contribution in [0.1, 0.15) is 5.56 Å². The lowest BCUT2D eigenvalue weighted by atomic mass is 9.97. The SMILES string of the molecule is COc1c(-c2nc3c(ccc4cc(S(=O)(=O)O)cc(O)c43)[nH]2)cccc1-c1ccccc1C.Cl. The van der Waals surface area contributed by atoms with Gasteiger partial charge in [-0.3, -0.25) is 4.55 Å². The first-order chi connectivity index (χ1) is 15.8. The number of aromatic hydroxyl groups is 1. The zero-order valence-electron chi connectivity index (χ0n) is 18.2. The van der Waals surface area contributed by atoms with Crippen LogP contribution >= 0.6 is 12.4 Å². The number of hydrogen-bond acceptors (Lipinski definition) is 5. The summed E-state index contributed by atoms with van der Waals surface area (Å²) in [5.74, 6) is 0.917. The van der Waals surface area contributed by atoms with E-state index in [-0.39, 0.29) is 23.1 Å². The maximum atomic E-state index is 11.5. The third kappa shape index (κ3) is 3.86. The van der Waals surface area contributed by atoms with Crippen LogP contribution in [0.4, 0.5) is 0 Å². The number of phenolic OH excluding ortho intramolecular Hbond substituents is 1. The van der Waals surface area contributed by atoms with Crippen molar-refractivity contribution in [2.75, 3.05) is 7.11 Å². The molecular weight excluding hydrogens is 476 g/mol. The number of nitrogens with zero attached hydrogens (tertiary/aromatic N) is 1. The number of phenols is 1. The van der Waals surface area contributed by atoms with E-state index in [0.29, 0.717) is 33.4 Å². The van der Waals surface area contributed by atoms with Crippen molar-refractivity contribution >= 4 is 44.3 Å². The number of methoxy groups -OCH3 is 1. The van der Waals surface area contributed by atoms with Crippen LogP contribution in [0, 0.1) is 6.92 Å². The summed E-state index contributed by atoms with van der Waals surface area (Å²) >= 11 is 0. The van der Waals surface area contributed by atoms with Gasteiger partial charge in [0.15, 0.2) is 0 Å². The van der Waals surface area contributed by atoms with Crippen molar-refractivity contribution in [2.45, 2.75) is 11.8 Å². The molecule has 0 amide bonds. The minimum atomic E-state index is -4.46. The Bertz CT molecular complexity index is 1660. The lowest BCUT2D eigenvalue weighted by Gasteiger charge is -2.14. The molecule has 0 saturated heterocycles. The summed E-state index contributed by atoms with van der Waals surface area (Å²) in [7, 11) is -2.84. The Morgan fingerprint density at radius 2 is 1.65 bits per heavy atom. The van der Waals surface area contributed by atoms with Crippen LogP contribution < -0.4 is 4.74 Å². The molecule has 5 rings (SSSR count). The van der Waals surface area contributed by atoms with E-state index in [1.807, 2.05) is 49.4 Å². The predicted octanol–water partition coefficient (Wildman–Crippen LogP) is 5.74. The minimum Gasteiger partial charge on any atom is -0.507 e. The lowest BCUT2D eigenvalue weighted by molar-refractivity contribution is 0.418. The van der Waals surface area contributed by atoms with E-state index in [0.717, 1.165) is 28.3 Å². The Morgan fingerprint density at radius 3 is 2.35 bits per heavy atom. The molecule has 7 nitrogen and oxygen atoms in total.